The molecule has 0 fully saturated rings. The van der Waals surface area contributed by atoms with Gasteiger partial charge in [0, 0.05) is 39.0 Å². The van der Waals surface area contributed by atoms with Crippen LogP contribution in [0.5, 0.6) is 23.0 Å². The minimum atomic E-state index is -0.233. The number of carbonyl (C=O) groups is 1. The molecule has 8 heteroatoms. The van der Waals surface area contributed by atoms with Gasteiger partial charge < -0.3 is 33.2 Å². The Labute approximate surface area is 200 Å². The fourth-order valence-corrected chi connectivity index (χ4v) is 2.71. The van der Waals surface area contributed by atoms with Gasteiger partial charge in [0.2, 0.25) is 0 Å². The van der Waals surface area contributed by atoms with Crippen LogP contribution in [0.3, 0.4) is 0 Å². The van der Waals surface area contributed by atoms with Gasteiger partial charge in [-0.25, -0.2) is 0 Å². The fraction of sp³-hybridized carbons (Fsp3) is 0.346. The smallest absolute Gasteiger partial charge is 0.189 e. The fourth-order valence-electron chi connectivity index (χ4n) is 2.71. The van der Waals surface area contributed by atoms with E-state index in [1.54, 1.807) is 49.6 Å². The molecule has 8 nitrogen and oxygen atoms in total. The Morgan fingerprint density at radius 2 is 1.35 bits per heavy atom. The molecule has 0 saturated heterocycles. The van der Waals surface area contributed by atoms with Gasteiger partial charge in [0.15, 0.2) is 26.2 Å². The summed E-state index contributed by atoms with van der Waals surface area (Å²) in [7, 11) is 4.61. The van der Waals surface area contributed by atoms with Gasteiger partial charge in [-0.3, -0.25) is 4.79 Å². The molecule has 0 spiro atoms. The molecule has 2 aromatic carbocycles. The van der Waals surface area contributed by atoms with Crippen molar-refractivity contribution >= 4 is 11.9 Å². The summed E-state index contributed by atoms with van der Waals surface area (Å²) in [6.07, 6.45) is 5.06. The van der Waals surface area contributed by atoms with E-state index in [4.69, 9.17) is 33.2 Å². The van der Waals surface area contributed by atoms with Crippen LogP contribution in [-0.4, -0.2) is 54.1 Å². The quantitative estimate of drug-likeness (QED) is 0.157. The van der Waals surface area contributed by atoms with Crippen molar-refractivity contribution in [3.05, 3.63) is 65.3 Å². The van der Waals surface area contributed by atoms with Crippen molar-refractivity contribution in [2.24, 2.45) is 0 Å². The molecule has 0 aliphatic heterocycles. The Kier molecular flexibility index (Phi) is 11.7. The Hall–Kier alpha value is -3.33. The number of methoxy groups -OCH3 is 3. The molecule has 0 N–H and O–H groups in total. The number of hydrogen-bond donors (Lipinski definition) is 0. The van der Waals surface area contributed by atoms with Crippen molar-refractivity contribution < 1.29 is 38.0 Å². The summed E-state index contributed by atoms with van der Waals surface area (Å²) in [6, 6.07) is 10.3. The molecular weight excluding hydrogens is 440 g/mol. The molecule has 2 aromatic rings. The van der Waals surface area contributed by atoms with Gasteiger partial charge in [-0.1, -0.05) is 5.57 Å². The van der Waals surface area contributed by atoms with Crippen LogP contribution >= 0.6 is 0 Å². The van der Waals surface area contributed by atoms with Crippen LogP contribution in [0.1, 0.15) is 29.8 Å². The number of ketones is 1. The van der Waals surface area contributed by atoms with E-state index in [1.165, 1.54) is 20.3 Å². The van der Waals surface area contributed by atoms with Gasteiger partial charge >= 0.3 is 0 Å². The van der Waals surface area contributed by atoms with Gasteiger partial charge in [0.25, 0.3) is 0 Å². The van der Waals surface area contributed by atoms with Crippen molar-refractivity contribution in [1.82, 2.24) is 0 Å². The number of rotatable bonds is 15. The predicted octanol–water partition coefficient (Wildman–Crippen LogP) is 4.88. The molecule has 0 saturated carbocycles. The van der Waals surface area contributed by atoms with Crippen LogP contribution in [0.25, 0.3) is 6.08 Å². The molecule has 0 bridgehead atoms. The third-order valence-corrected chi connectivity index (χ3v) is 4.37. The SMILES string of the molecule is COCOc1ccc(/C=C/C(=O)c2ccc(OCOC)cc2OCC=C(C)C)c(OCOC)c1. The van der Waals surface area contributed by atoms with Crippen molar-refractivity contribution in [3.63, 3.8) is 0 Å². The highest BCUT2D eigenvalue weighted by Crippen LogP contribution is 2.29. The maximum absolute atomic E-state index is 13.0. The van der Waals surface area contributed by atoms with Gasteiger partial charge in [0.1, 0.15) is 29.6 Å². The normalized spacial score (nSPS) is 10.7. The minimum Gasteiger partial charge on any atom is -0.489 e. The number of benzene rings is 2. The highest BCUT2D eigenvalue weighted by molar-refractivity contribution is 6.08. The second-order valence-corrected chi connectivity index (χ2v) is 7.30. The molecule has 184 valence electrons. The molecule has 0 heterocycles. The van der Waals surface area contributed by atoms with E-state index >= 15 is 0 Å². The monoisotopic (exact) mass is 472 g/mol. The van der Waals surface area contributed by atoms with Crippen LogP contribution in [-0.2, 0) is 14.2 Å². The molecule has 0 aliphatic carbocycles. The molecule has 2 rings (SSSR count). The highest BCUT2D eigenvalue weighted by atomic mass is 16.7. The molecule has 0 amide bonds. The lowest BCUT2D eigenvalue weighted by Gasteiger charge is -2.12. The van der Waals surface area contributed by atoms with E-state index < -0.39 is 0 Å². The Balaban J connectivity index is 2.28. The van der Waals surface area contributed by atoms with Crippen LogP contribution in [0.15, 0.2) is 54.1 Å². The van der Waals surface area contributed by atoms with Gasteiger partial charge in [0.05, 0.1) is 5.56 Å². The minimum absolute atomic E-state index is 0.0494. The summed E-state index contributed by atoms with van der Waals surface area (Å²) in [5.41, 5.74) is 2.20. The van der Waals surface area contributed by atoms with E-state index in [9.17, 15) is 4.79 Å². The Morgan fingerprint density at radius 3 is 1.97 bits per heavy atom. The van der Waals surface area contributed by atoms with E-state index in [-0.39, 0.29) is 26.2 Å². The van der Waals surface area contributed by atoms with E-state index in [0.717, 1.165) is 5.57 Å². The summed E-state index contributed by atoms with van der Waals surface area (Å²) in [5.74, 6) is 1.79. The standard InChI is InChI=1S/C26H32O8/c1-19(2)12-13-31-26-15-22(33-17-29-4)9-10-23(26)24(27)11-7-20-6-8-21(32-16-28-3)14-25(20)34-18-30-5/h6-12,14-15H,13,16-18H2,1-5H3/b11-7+. The van der Waals surface area contributed by atoms with Crippen molar-refractivity contribution in [1.29, 1.82) is 0 Å². The molecular formula is C26H32O8. The average molecular weight is 473 g/mol. The largest absolute Gasteiger partial charge is 0.489 e. The summed E-state index contributed by atoms with van der Waals surface area (Å²) in [6.45, 7) is 4.54. The first-order chi connectivity index (χ1) is 16.5. The average Bonchev–Trinajstić information content (AvgIpc) is 2.83. The molecule has 0 atom stereocenters. The summed E-state index contributed by atoms with van der Waals surface area (Å²) < 4.78 is 37.3. The lowest BCUT2D eigenvalue weighted by Crippen LogP contribution is -2.05. The first-order valence-electron chi connectivity index (χ1n) is 10.6. The zero-order valence-corrected chi connectivity index (χ0v) is 20.3. The van der Waals surface area contributed by atoms with E-state index in [2.05, 4.69) is 0 Å². The number of ether oxygens (including phenoxy) is 7. The summed E-state index contributed by atoms with van der Waals surface area (Å²) in [5, 5.41) is 0. The second-order valence-electron chi connectivity index (χ2n) is 7.30. The first-order valence-corrected chi connectivity index (χ1v) is 10.6. The second kappa shape index (κ2) is 14.7. The first kappa shape index (κ1) is 26.9. The molecule has 0 radical (unpaired) electrons. The zero-order valence-electron chi connectivity index (χ0n) is 20.3. The maximum atomic E-state index is 13.0. The molecule has 0 aromatic heterocycles. The maximum Gasteiger partial charge on any atom is 0.189 e. The third kappa shape index (κ3) is 8.90. The molecule has 0 aliphatic rings. The number of carbonyl (C=O) groups excluding carboxylic acids is 1. The Morgan fingerprint density at radius 1 is 0.765 bits per heavy atom. The Bertz CT molecular complexity index is 977. The number of allylic oxidation sites excluding steroid dienone is 2. The highest BCUT2D eigenvalue weighted by Gasteiger charge is 2.13. The van der Waals surface area contributed by atoms with Crippen LogP contribution in [0.2, 0.25) is 0 Å². The van der Waals surface area contributed by atoms with Crippen LogP contribution < -0.4 is 18.9 Å². The summed E-state index contributed by atoms with van der Waals surface area (Å²) >= 11 is 0. The van der Waals surface area contributed by atoms with Gasteiger partial charge in [-0.2, -0.15) is 0 Å². The van der Waals surface area contributed by atoms with Crippen molar-refractivity contribution in [2.45, 2.75) is 13.8 Å². The van der Waals surface area contributed by atoms with E-state index in [0.29, 0.717) is 40.7 Å². The predicted molar refractivity (Wildman–Crippen MR) is 129 cm³/mol. The lowest BCUT2D eigenvalue weighted by molar-refractivity contribution is 0.0459. The number of hydrogen-bond acceptors (Lipinski definition) is 8. The van der Waals surface area contributed by atoms with Gasteiger partial charge in [-0.05, 0) is 56.3 Å². The topological polar surface area (TPSA) is 81.7 Å². The van der Waals surface area contributed by atoms with E-state index in [1.807, 2.05) is 19.9 Å². The lowest BCUT2D eigenvalue weighted by atomic mass is 10.1. The van der Waals surface area contributed by atoms with Crippen molar-refractivity contribution in [3.8, 4) is 23.0 Å². The zero-order chi connectivity index (χ0) is 24.8. The van der Waals surface area contributed by atoms with Crippen LogP contribution in [0, 0.1) is 0 Å². The third-order valence-electron chi connectivity index (χ3n) is 4.37. The summed E-state index contributed by atoms with van der Waals surface area (Å²) in [4.78, 5) is 13.0. The van der Waals surface area contributed by atoms with Crippen molar-refractivity contribution in [2.75, 3.05) is 48.3 Å². The molecule has 0 unspecified atom stereocenters. The van der Waals surface area contributed by atoms with Gasteiger partial charge in [-0.15, -0.1) is 0 Å². The van der Waals surface area contributed by atoms with Crippen LogP contribution in [0.4, 0.5) is 0 Å². The molecule has 34 heavy (non-hydrogen) atoms.